The van der Waals surface area contributed by atoms with Gasteiger partial charge in [-0.15, -0.1) is 0 Å². The highest BCUT2D eigenvalue weighted by Crippen LogP contribution is 2.27. The Hall–Kier alpha value is -1.35. The highest BCUT2D eigenvalue weighted by atomic mass is 16.4. The minimum Gasteiger partial charge on any atom is -0.481 e. The van der Waals surface area contributed by atoms with Crippen molar-refractivity contribution in [3.05, 3.63) is 35.9 Å². The van der Waals surface area contributed by atoms with Crippen LogP contribution in [0.2, 0.25) is 0 Å². The molecule has 0 spiro atoms. The van der Waals surface area contributed by atoms with E-state index in [2.05, 4.69) is 0 Å². The van der Waals surface area contributed by atoms with Gasteiger partial charge in [0.2, 0.25) is 0 Å². The van der Waals surface area contributed by atoms with E-state index in [1.807, 2.05) is 37.3 Å². The monoisotopic (exact) mass is 207 g/mol. The molecular formula is C12H17NO2. The molecule has 1 rings (SSSR count). The van der Waals surface area contributed by atoms with Crippen LogP contribution >= 0.6 is 0 Å². The Labute approximate surface area is 89.9 Å². The first kappa shape index (κ1) is 11.7. The Kier molecular flexibility index (Phi) is 3.86. The van der Waals surface area contributed by atoms with E-state index in [0.717, 1.165) is 12.0 Å². The SMILES string of the molecule is CCCC(N)(CC(=O)O)c1ccccc1. The van der Waals surface area contributed by atoms with E-state index >= 15 is 0 Å². The second kappa shape index (κ2) is 4.94. The predicted molar refractivity (Wildman–Crippen MR) is 59.5 cm³/mol. The van der Waals surface area contributed by atoms with Crippen LogP contribution in [0.3, 0.4) is 0 Å². The van der Waals surface area contributed by atoms with Crippen LogP contribution < -0.4 is 5.73 Å². The summed E-state index contributed by atoms with van der Waals surface area (Å²) in [6, 6.07) is 9.44. The van der Waals surface area contributed by atoms with Gasteiger partial charge < -0.3 is 10.8 Å². The number of hydrogen-bond acceptors (Lipinski definition) is 2. The molecule has 1 unspecified atom stereocenters. The molecule has 82 valence electrons. The van der Waals surface area contributed by atoms with Gasteiger partial charge in [0.25, 0.3) is 0 Å². The van der Waals surface area contributed by atoms with Crippen LogP contribution in [0.5, 0.6) is 0 Å². The normalized spacial score (nSPS) is 14.5. The average molecular weight is 207 g/mol. The zero-order chi connectivity index (χ0) is 11.3. The van der Waals surface area contributed by atoms with E-state index in [1.54, 1.807) is 0 Å². The largest absolute Gasteiger partial charge is 0.481 e. The molecule has 3 N–H and O–H groups in total. The molecule has 0 aliphatic heterocycles. The quantitative estimate of drug-likeness (QED) is 0.777. The van der Waals surface area contributed by atoms with Crippen LogP contribution in [0.15, 0.2) is 30.3 Å². The molecule has 1 aromatic rings. The van der Waals surface area contributed by atoms with Crippen molar-refractivity contribution in [1.29, 1.82) is 0 Å². The van der Waals surface area contributed by atoms with Crippen LogP contribution in [0.1, 0.15) is 31.7 Å². The van der Waals surface area contributed by atoms with Gasteiger partial charge in [0, 0.05) is 0 Å². The van der Waals surface area contributed by atoms with Gasteiger partial charge in [0.05, 0.1) is 12.0 Å². The van der Waals surface area contributed by atoms with Gasteiger partial charge in [-0.05, 0) is 12.0 Å². The number of aliphatic carboxylic acids is 1. The Morgan fingerprint density at radius 1 is 1.40 bits per heavy atom. The molecule has 0 bridgehead atoms. The lowest BCUT2D eigenvalue weighted by Gasteiger charge is -2.28. The third-order valence-electron chi connectivity index (χ3n) is 2.51. The minimum atomic E-state index is -0.852. The molecule has 1 atom stereocenters. The van der Waals surface area contributed by atoms with Crippen LogP contribution in [-0.2, 0) is 10.3 Å². The topological polar surface area (TPSA) is 63.3 Å². The zero-order valence-electron chi connectivity index (χ0n) is 8.94. The Bertz CT molecular complexity index is 324. The summed E-state index contributed by atoms with van der Waals surface area (Å²) >= 11 is 0. The van der Waals surface area contributed by atoms with E-state index in [9.17, 15) is 4.79 Å². The molecule has 0 aliphatic rings. The van der Waals surface area contributed by atoms with Crippen LogP contribution in [-0.4, -0.2) is 11.1 Å². The fourth-order valence-electron chi connectivity index (χ4n) is 1.82. The number of nitrogens with two attached hydrogens (primary N) is 1. The molecule has 0 aliphatic carbocycles. The van der Waals surface area contributed by atoms with E-state index in [4.69, 9.17) is 10.8 Å². The number of carboxylic acid groups (broad SMARTS) is 1. The summed E-state index contributed by atoms with van der Waals surface area (Å²) in [6.07, 6.45) is 1.53. The number of carboxylic acids is 1. The maximum absolute atomic E-state index is 10.8. The van der Waals surface area contributed by atoms with Crippen LogP contribution in [0.25, 0.3) is 0 Å². The van der Waals surface area contributed by atoms with Gasteiger partial charge in [-0.1, -0.05) is 43.7 Å². The minimum absolute atomic E-state index is 0.0230. The van der Waals surface area contributed by atoms with Crippen molar-refractivity contribution in [3.8, 4) is 0 Å². The molecule has 0 saturated heterocycles. The summed E-state index contributed by atoms with van der Waals surface area (Å²) in [5.41, 5.74) is 6.31. The molecule has 3 nitrogen and oxygen atoms in total. The van der Waals surface area contributed by atoms with E-state index in [0.29, 0.717) is 6.42 Å². The van der Waals surface area contributed by atoms with Crippen molar-refractivity contribution in [1.82, 2.24) is 0 Å². The Balaban J connectivity index is 2.95. The summed E-state index contributed by atoms with van der Waals surface area (Å²) in [5, 5.41) is 8.86. The van der Waals surface area contributed by atoms with Crippen molar-refractivity contribution < 1.29 is 9.90 Å². The fraction of sp³-hybridized carbons (Fsp3) is 0.417. The lowest BCUT2D eigenvalue weighted by molar-refractivity contribution is -0.138. The lowest BCUT2D eigenvalue weighted by Crippen LogP contribution is -2.38. The van der Waals surface area contributed by atoms with E-state index in [1.165, 1.54) is 0 Å². The summed E-state index contributed by atoms with van der Waals surface area (Å²) in [7, 11) is 0. The summed E-state index contributed by atoms with van der Waals surface area (Å²) in [6.45, 7) is 2.01. The first-order chi connectivity index (χ1) is 7.08. The first-order valence-corrected chi connectivity index (χ1v) is 5.14. The Morgan fingerprint density at radius 2 is 2.00 bits per heavy atom. The summed E-state index contributed by atoms with van der Waals surface area (Å²) in [4.78, 5) is 10.8. The van der Waals surface area contributed by atoms with Gasteiger partial charge in [-0.2, -0.15) is 0 Å². The number of carbonyl (C=O) groups is 1. The molecule has 15 heavy (non-hydrogen) atoms. The molecule has 0 heterocycles. The maximum atomic E-state index is 10.8. The highest BCUT2D eigenvalue weighted by Gasteiger charge is 2.28. The van der Waals surface area contributed by atoms with Crippen LogP contribution in [0.4, 0.5) is 0 Å². The number of benzene rings is 1. The molecule has 0 radical (unpaired) electrons. The Morgan fingerprint density at radius 3 is 2.47 bits per heavy atom. The second-order valence-electron chi connectivity index (χ2n) is 3.84. The smallest absolute Gasteiger partial charge is 0.305 e. The third kappa shape index (κ3) is 3.06. The average Bonchev–Trinajstić information content (AvgIpc) is 2.18. The van der Waals surface area contributed by atoms with Crippen molar-refractivity contribution in [2.24, 2.45) is 5.73 Å². The van der Waals surface area contributed by atoms with Crippen LogP contribution in [0, 0.1) is 0 Å². The second-order valence-corrected chi connectivity index (χ2v) is 3.84. The highest BCUT2D eigenvalue weighted by molar-refractivity contribution is 5.68. The fourth-order valence-corrected chi connectivity index (χ4v) is 1.82. The predicted octanol–water partition coefficient (Wildman–Crippen LogP) is 2.12. The van der Waals surface area contributed by atoms with Crippen molar-refractivity contribution in [3.63, 3.8) is 0 Å². The summed E-state index contributed by atoms with van der Waals surface area (Å²) in [5.74, 6) is -0.852. The van der Waals surface area contributed by atoms with Crippen molar-refractivity contribution in [2.45, 2.75) is 31.7 Å². The van der Waals surface area contributed by atoms with Gasteiger partial charge in [0.1, 0.15) is 0 Å². The zero-order valence-corrected chi connectivity index (χ0v) is 8.94. The lowest BCUT2D eigenvalue weighted by atomic mass is 9.84. The third-order valence-corrected chi connectivity index (χ3v) is 2.51. The number of hydrogen-bond donors (Lipinski definition) is 2. The van der Waals surface area contributed by atoms with Gasteiger partial charge >= 0.3 is 5.97 Å². The molecule has 1 aromatic carbocycles. The first-order valence-electron chi connectivity index (χ1n) is 5.14. The van der Waals surface area contributed by atoms with Gasteiger partial charge in [-0.25, -0.2) is 0 Å². The van der Waals surface area contributed by atoms with E-state index < -0.39 is 11.5 Å². The molecule has 0 fully saturated rings. The van der Waals surface area contributed by atoms with Crippen molar-refractivity contribution in [2.75, 3.05) is 0 Å². The molecule has 3 heteroatoms. The summed E-state index contributed by atoms with van der Waals surface area (Å²) < 4.78 is 0. The standard InChI is InChI=1S/C12H17NO2/c1-2-8-12(13,9-11(14)15)10-6-4-3-5-7-10/h3-7H,2,8-9,13H2,1H3,(H,14,15). The van der Waals surface area contributed by atoms with Crippen molar-refractivity contribution >= 4 is 5.97 Å². The molecule has 0 saturated carbocycles. The molecule has 0 amide bonds. The molecule has 0 aromatic heterocycles. The molecular weight excluding hydrogens is 190 g/mol. The van der Waals surface area contributed by atoms with Gasteiger partial charge in [-0.3, -0.25) is 4.79 Å². The maximum Gasteiger partial charge on any atom is 0.305 e. The van der Waals surface area contributed by atoms with E-state index in [-0.39, 0.29) is 6.42 Å². The number of rotatable bonds is 5. The van der Waals surface area contributed by atoms with Gasteiger partial charge in [0.15, 0.2) is 0 Å².